The molecule has 0 saturated heterocycles. The molecule has 2 aromatic heterocycles. The number of halogens is 2. The Morgan fingerprint density at radius 3 is 2.76 bits per heavy atom. The third kappa shape index (κ3) is 3.85. The molecule has 2 atom stereocenters. The average Bonchev–Trinajstić information content (AvgIpc) is 3.47. The van der Waals surface area contributed by atoms with Crippen molar-refractivity contribution in [3.05, 3.63) is 57.2 Å². The van der Waals surface area contributed by atoms with Crippen LogP contribution in [-0.2, 0) is 13.1 Å². The second-order valence-corrected chi connectivity index (χ2v) is 9.61. The van der Waals surface area contributed by atoms with Crippen LogP contribution in [0.15, 0.2) is 18.2 Å². The van der Waals surface area contributed by atoms with Crippen LogP contribution in [0.4, 0.5) is 4.39 Å². The lowest BCUT2D eigenvalue weighted by Crippen LogP contribution is -2.28. The number of amides is 1. The summed E-state index contributed by atoms with van der Waals surface area (Å²) >= 11 is 6.33. The molecule has 0 unspecified atom stereocenters. The Hall–Kier alpha value is -2.71. The number of aryl methyl sites for hydroxylation is 2. The number of ether oxygens (including phenoxy) is 1. The topological polar surface area (TPSA) is 63.0 Å². The second kappa shape index (κ2) is 8.25. The van der Waals surface area contributed by atoms with Crippen molar-refractivity contribution >= 4 is 23.2 Å². The summed E-state index contributed by atoms with van der Waals surface area (Å²) in [5, 5.41) is 5.24. The van der Waals surface area contributed by atoms with Crippen molar-refractivity contribution in [2.24, 2.45) is 0 Å². The van der Waals surface area contributed by atoms with Gasteiger partial charge in [0, 0.05) is 17.7 Å². The summed E-state index contributed by atoms with van der Waals surface area (Å²) in [6, 6.07) is 4.57. The van der Waals surface area contributed by atoms with Crippen LogP contribution in [0.3, 0.4) is 0 Å². The molecule has 0 radical (unpaired) electrons. The molecule has 9 heteroatoms. The molecule has 1 amide bonds. The fourth-order valence-corrected chi connectivity index (χ4v) is 4.99. The number of rotatable bonds is 4. The van der Waals surface area contributed by atoms with Gasteiger partial charge in [0.05, 0.1) is 40.8 Å². The SMILES string of the molecule is Cc1nc2c3c(nn2c(C)c1Cl)CN(C(=O)c1ccc(F)cc1O[C@H]1CC[C@@H](N(C)C)C1)C3. The highest BCUT2D eigenvalue weighted by atomic mass is 35.5. The van der Waals surface area contributed by atoms with Crippen molar-refractivity contribution in [1.29, 1.82) is 0 Å². The van der Waals surface area contributed by atoms with Crippen molar-refractivity contribution < 1.29 is 13.9 Å². The summed E-state index contributed by atoms with van der Waals surface area (Å²) in [6.07, 6.45) is 2.72. The van der Waals surface area contributed by atoms with Crippen molar-refractivity contribution in [1.82, 2.24) is 24.4 Å². The van der Waals surface area contributed by atoms with E-state index in [1.165, 1.54) is 18.2 Å². The van der Waals surface area contributed by atoms with Crippen LogP contribution in [0.2, 0.25) is 5.02 Å². The van der Waals surface area contributed by atoms with Crippen molar-refractivity contribution in [3.8, 4) is 5.75 Å². The minimum atomic E-state index is -0.418. The predicted molar refractivity (Wildman–Crippen MR) is 123 cm³/mol. The largest absolute Gasteiger partial charge is 0.489 e. The molecule has 1 aliphatic heterocycles. The Morgan fingerprint density at radius 1 is 1.24 bits per heavy atom. The van der Waals surface area contributed by atoms with Gasteiger partial charge in [0.25, 0.3) is 5.91 Å². The minimum absolute atomic E-state index is 0.0364. The molecule has 33 heavy (non-hydrogen) atoms. The summed E-state index contributed by atoms with van der Waals surface area (Å²) in [7, 11) is 4.11. The van der Waals surface area contributed by atoms with E-state index in [0.29, 0.717) is 35.5 Å². The molecule has 1 fully saturated rings. The number of benzene rings is 1. The van der Waals surface area contributed by atoms with Crippen molar-refractivity contribution in [2.75, 3.05) is 14.1 Å². The Kier molecular flexibility index (Phi) is 5.53. The predicted octanol–water partition coefficient (Wildman–Crippen LogP) is 4.16. The van der Waals surface area contributed by atoms with Crippen LogP contribution in [0.25, 0.3) is 5.65 Å². The number of fused-ring (bicyclic) bond motifs is 3. The Morgan fingerprint density at radius 2 is 2.03 bits per heavy atom. The first kappa shape index (κ1) is 22.1. The molecule has 174 valence electrons. The lowest BCUT2D eigenvalue weighted by molar-refractivity contribution is 0.0741. The molecule has 0 spiro atoms. The molecule has 1 aliphatic carbocycles. The first-order valence-corrected chi connectivity index (χ1v) is 11.6. The van der Waals surface area contributed by atoms with Gasteiger partial charge in [-0.1, -0.05) is 11.6 Å². The summed E-state index contributed by atoms with van der Waals surface area (Å²) in [6.45, 7) is 4.50. The molecule has 5 rings (SSSR count). The quantitative estimate of drug-likeness (QED) is 0.572. The molecular weight excluding hydrogens is 445 g/mol. The Balaban J connectivity index is 1.39. The van der Waals surface area contributed by atoms with Crippen LogP contribution in [0, 0.1) is 19.7 Å². The molecule has 7 nitrogen and oxygen atoms in total. The number of carbonyl (C=O) groups excluding carboxylic acids is 1. The molecule has 0 bridgehead atoms. The third-order valence-electron chi connectivity index (χ3n) is 6.80. The lowest BCUT2D eigenvalue weighted by Gasteiger charge is -2.22. The molecule has 2 aliphatic rings. The molecule has 1 aromatic carbocycles. The van der Waals surface area contributed by atoms with E-state index in [2.05, 4.69) is 29.1 Å². The van der Waals surface area contributed by atoms with Crippen LogP contribution < -0.4 is 4.74 Å². The highest BCUT2D eigenvalue weighted by Gasteiger charge is 2.33. The zero-order valence-electron chi connectivity index (χ0n) is 19.2. The fourth-order valence-electron chi connectivity index (χ4n) is 4.87. The van der Waals surface area contributed by atoms with E-state index in [1.807, 2.05) is 13.8 Å². The van der Waals surface area contributed by atoms with E-state index < -0.39 is 5.82 Å². The molecular formula is C24H27ClFN5O2. The van der Waals surface area contributed by atoms with Crippen LogP contribution in [0.1, 0.15) is 52.3 Å². The van der Waals surface area contributed by atoms with Gasteiger partial charge in [-0.05, 0) is 59.3 Å². The smallest absolute Gasteiger partial charge is 0.258 e. The molecule has 1 saturated carbocycles. The zero-order chi connectivity index (χ0) is 23.4. The standard InChI is InChI=1S/C24H27ClFN5O2/c1-13-22(25)14(2)31-23(27-13)19-11-30(12-20(19)28-31)24(32)18-8-5-15(26)9-21(18)33-17-7-6-16(10-17)29(3)4/h5,8-9,16-17H,6-7,10-12H2,1-4H3/t16-,17+/m1/s1. The molecule has 0 N–H and O–H groups in total. The van der Waals surface area contributed by atoms with Gasteiger partial charge in [0.15, 0.2) is 5.65 Å². The molecule has 3 aromatic rings. The van der Waals surface area contributed by atoms with Gasteiger partial charge in [0.2, 0.25) is 0 Å². The lowest BCUT2D eigenvalue weighted by atomic mass is 10.1. The zero-order valence-corrected chi connectivity index (χ0v) is 20.0. The van der Waals surface area contributed by atoms with Crippen molar-refractivity contribution in [3.63, 3.8) is 0 Å². The highest BCUT2D eigenvalue weighted by molar-refractivity contribution is 6.31. The van der Waals surface area contributed by atoms with Gasteiger partial charge in [-0.25, -0.2) is 13.9 Å². The van der Waals surface area contributed by atoms with E-state index >= 15 is 0 Å². The number of hydrogen-bond acceptors (Lipinski definition) is 5. The Bertz CT molecular complexity index is 1260. The Labute approximate surface area is 197 Å². The maximum atomic E-state index is 14.1. The third-order valence-corrected chi connectivity index (χ3v) is 7.34. The monoisotopic (exact) mass is 471 g/mol. The number of aromatic nitrogens is 3. The maximum Gasteiger partial charge on any atom is 0.258 e. The summed E-state index contributed by atoms with van der Waals surface area (Å²) in [5.74, 6) is -0.316. The van der Waals surface area contributed by atoms with Gasteiger partial charge in [-0.2, -0.15) is 5.10 Å². The van der Waals surface area contributed by atoms with Gasteiger partial charge in [-0.15, -0.1) is 0 Å². The van der Waals surface area contributed by atoms with Gasteiger partial charge in [0.1, 0.15) is 17.7 Å². The van der Waals surface area contributed by atoms with E-state index in [4.69, 9.17) is 16.3 Å². The summed E-state index contributed by atoms with van der Waals surface area (Å²) in [4.78, 5) is 21.9. The van der Waals surface area contributed by atoms with Gasteiger partial charge >= 0.3 is 0 Å². The minimum Gasteiger partial charge on any atom is -0.489 e. The summed E-state index contributed by atoms with van der Waals surface area (Å²) in [5.41, 5.74) is 4.37. The van der Waals surface area contributed by atoms with E-state index in [9.17, 15) is 9.18 Å². The van der Waals surface area contributed by atoms with Crippen LogP contribution >= 0.6 is 11.6 Å². The fraction of sp³-hybridized carbons (Fsp3) is 0.458. The molecule has 3 heterocycles. The van der Waals surface area contributed by atoms with Crippen LogP contribution in [0.5, 0.6) is 5.75 Å². The highest BCUT2D eigenvalue weighted by Crippen LogP contribution is 2.33. The average molecular weight is 472 g/mol. The first-order valence-electron chi connectivity index (χ1n) is 11.2. The van der Waals surface area contributed by atoms with Gasteiger partial charge in [-0.3, -0.25) is 4.79 Å². The van der Waals surface area contributed by atoms with Crippen molar-refractivity contribution in [2.45, 2.75) is 58.3 Å². The van der Waals surface area contributed by atoms with E-state index in [0.717, 1.165) is 47.6 Å². The first-order chi connectivity index (χ1) is 15.7. The summed E-state index contributed by atoms with van der Waals surface area (Å²) < 4.78 is 22.0. The van der Waals surface area contributed by atoms with E-state index in [1.54, 1.807) is 9.42 Å². The number of carbonyl (C=O) groups is 1. The van der Waals surface area contributed by atoms with Gasteiger partial charge < -0.3 is 14.5 Å². The normalized spacial score (nSPS) is 20.2. The van der Waals surface area contributed by atoms with Crippen LogP contribution in [-0.4, -0.2) is 56.5 Å². The second-order valence-electron chi connectivity index (χ2n) is 9.23. The number of hydrogen-bond donors (Lipinski definition) is 0. The number of nitrogens with zero attached hydrogens (tertiary/aromatic N) is 5. The van der Waals surface area contributed by atoms with E-state index in [-0.39, 0.29) is 12.0 Å². The maximum absolute atomic E-state index is 14.1.